The van der Waals surface area contributed by atoms with Crippen molar-refractivity contribution in [1.82, 2.24) is 15.2 Å². The molecule has 0 aliphatic carbocycles. The lowest BCUT2D eigenvalue weighted by Crippen LogP contribution is -2.16. The number of carbonyl (C=O) groups excluding carboxylic acids is 2. The summed E-state index contributed by atoms with van der Waals surface area (Å²) in [7, 11) is 0. The fraction of sp³-hybridized carbons (Fsp3) is 0.200. The number of Topliss-reactive ketones (excluding diaryl/α,β-unsaturated/α-hetero) is 2. The molecule has 0 spiro atoms. The van der Waals surface area contributed by atoms with Crippen molar-refractivity contribution in [2.45, 2.75) is 38.0 Å². The minimum atomic E-state index is -0.444. The number of aryl methyl sites for hydroxylation is 1. The molecule has 7 heteroatoms. The van der Waals surface area contributed by atoms with Crippen molar-refractivity contribution >= 4 is 34.1 Å². The van der Waals surface area contributed by atoms with E-state index < -0.39 is 5.25 Å². The Labute approximate surface area is 189 Å². The van der Waals surface area contributed by atoms with Gasteiger partial charge in [0.1, 0.15) is 16.5 Å². The van der Waals surface area contributed by atoms with Crippen LogP contribution >= 0.6 is 11.8 Å². The second-order valence-corrected chi connectivity index (χ2v) is 9.04. The molecular formula is C25H22FN3O2S. The van der Waals surface area contributed by atoms with E-state index in [0.29, 0.717) is 33.2 Å². The van der Waals surface area contributed by atoms with E-state index in [9.17, 15) is 14.0 Å². The lowest BCUT2D eigenvalue weighted by Gasteiger charge is -2.13. The molecule has 32 heavy (non-hydrogen) atoms. The van der Waals surface area contributed by atoms with Gasteiger partial charge in [-0.1, -0.05) is 36.0 Å². The predicted octanol–water partition coefficient (Wildman–Crippen LogP) is 5.95. The molecule has 0 bridgehead atoms. The van der Waals surface area contributed by atoms with Crippen molar-refractivity contribution in [2.75, 3.05) is 0 Å². The number of aromatic nitrogens is 3. The topological polar surface area (TPSA) is 75.7 Å². The van der Waals surface area contributed by atoms with Crippen molar-refractivity contribution in [3.63, 3.8) is 0 Å². The van der Waals surface area contributed by atoms with Gasteiger partial charge in [-0.2, -0.15) is 0 Å². The molecule has 162 valence electrons. The Morgan fingerprint density at radius 3 is 2.28 bits per heavy atom. The van der Waals surface area contributed by atoms with Crippen LogP contribution in [0.1, 0.15) is 46.0 Å². The smallest absolute Gasteiger partial charge is 0.192 e. The van der Waals surface area contributed by atoms with E-state index in [1.54, 1.807) is 26.0 Å². The molecule has 1 N–H and O–H groups in total. The first-order valence-electron chi connectivity index (χ1n) is 10.2. The van der Waals surface area contributed by atoms with Gasteiger partial charge in [-0.3, -0.25) is 9.59 Å². The highest BCUT2D eigenvalue weighted by atomic mass is 32.2. The zero-order valence-electron chi connectivity index (χ0n) is 18.2. The average Bonchev–Trinajstić information content (AvgIpc) is 3.08. The Bertz CT molecular complexity index is 1350. The number of ketones is 2. The minimum Gasteiger partial charge on any atom is -0.355 e. The van der Waals surface area contributed by atoms with Crippen molar-refractivity contribution in [1.29, 1.82) is 0 Å². The van der Waals surface area contributed by atoms with Crippen molar-refractivity contribution < 1.29 is 14.0 Å². The summed E-state index contributed by atoms with van der Waals surface area (Å²) >= 11 is 1.33. The Kier molecular flexibility index (Phi) is 5.93. The maximum absolute atomic E-state index is 13.3. The fourth-order valence-corrected chi connectivity index (χ4v) is 4.89. The Morgan fingerprint density at radius 1 is 1.00 bits per heavy atom. The number of fused-ring (bicyclic) bond motifs is 1. The summed E-state index contributed by atoms with van der Waals surface area (Å²) in [5, 5.41) is 10.7. The number of nitrogens with one attached hydrogen (secondary N) is 1. The summed E-state index contributed by atoms with van der Waals surface area (Å²) in [6.45, 7) is 6.91. The van der Waals surface area contributed by atoms with Gasteiger partial charge in [0, 0.05) is 27.6 Å². The van der Waals surface area contributed by atoms with Crippen LogP contribution in [0, 0.1) is 19.7 Å². The van der Waals surface area contributed by atoms with E-state index in [2.05, 4.69) is 15.2 Å². The van der Waals surface area contributed by atoms with E-state index in [1.807, 2.05) is 31.2 Å². The number of carbonyl (C=O) groups is 2. The zero-order valence-corrected chi connectivity index (χ0v) is 19.0. The Morgan fingerprint density at radius 2 is 1.66 bits per heavy atom. The monoisotopic (exact) mass is 447 g/mol. The lowest BCUT2D eigenvalue weighted by molar-refractivity contribution is 0.0988. The zero-order chi connectivity index (χ0) is 23.0. The second kappa shape index (κ2) is 8.67. The maximum Gasteiger partial charge on any atom is 0.192 e. The standard InChI is InChI=1S/C25H22FN3O2S/c1-13-21(15(3)30)14(2)27-22(13)24(31)16(4)32-25-20-8-6-5-7-19(20)23(28-29-25)17-9-11-18(26)12-10-17/h5-12,16,27H,1-4H3. The van der Waals surface area contributed by atoms with Crippen LogP contribution in [-0.2, 0) is 0 Å². The molecule has 0 fully saturated rings. The predicted molar refractivity (Wildman–Crippen MR) is 125 cm³/mol. The van der Waals surface area contributed by atoms with Gasteiger partial charge in [-0.15, -0.1) is 10.2 Å². The highest BCUT2D eigenvalue weighted by molar-refractivity contribution is 8.00. The van der Waals surface area contributed by atoms with Gasteiger partial charge >= 0.3 is 0 Å². The van der Waals surface area contributed by atoms with Crippen LogP contribution in [0.2, 0.25) is 0 Å². The summed E-state index contributed by atoms with van der Waals surface area (Å²) < 4.78 is 13.3. The summed E-state index contributed by atoms with van der Waals surface area (Å²) in [5.41, 5.74) is 3.82. The molecule has 0 radical (unpaired) electrons. The number of hydrogen-bond acceptors (Lipinski definition) is 5. The SMILES string of the molecule is CC(=O)c1c(C)[nH]c(C(=O)C(C)Sc2nnc(-c3ccc(F)cc3)c3ccccc23)c1C. The molecular weight excluding hydrogens is 425 g/mol. The summed E-state index contributed by atoms with van der Waals surface area (Å²) in [6, 6.07) is 13.8. The van der Waals surface area contributed by atoms with E-state index in [1.165, 1.54) is 30.8 Å². The van der Waals surface area contributed by atoms with E-state index in [4.69, 9.17) is 0 Å². The van der Waals surface area contributed by atoms with Crippen LogP contribution in [0.15, 0.2) is 53.6 Å². The third kappa shape index (κ3) is 3.96. The third-order valence-corrected chi connectivity index (χ3v) is 6.56. The summed E-state index contributed by atoms with van der Waals surface area (Å²) in [5.74, 6) is -0.478. The molecule has 2 heterocycles. The van der Waals surface area contributed by atoms with Crippen LogP contribution in [0.25, 0.3) is 22.0 Å². The first-order chi connectivity index (χ1) is 15.3. The molecule has 0 aliphatic rings. The average molecular weight is 448 g/mol. The molecule has 2 aromatic carbocycles. The molecule has 0 saturated carbocycles. The molecule has 2 aromatic heterocycles. The molecule has 0 saturated heterocycles. The van der Waals surface area contributed by atoms with Gasteiger partial charge in [0.25, 0.3) is 0 Å². The minimum absolute atomic E-state index is 0.0659. The quantitative estimate of drug-likeness (QED) is 0.292. The van der Waals surface area contributed by atoms with E-state index in [-0.39, 0.29) is 17.4 Å². The van der Waals surface area contributed by atoms with Crippen LogP contribution in [0.5, 0.6) is 0 Å². The van der Waals surface area contributed by atoms with Crippen LogP contribution < -0.4 is 0 Å². The van der Waals surface area contributed by atoms with Crippen molar-refractivity contribution in [2.24, 2.45) is 0 Å². The number of thioether (sulfide) groups is 1. The largest absolute Gasteiger partial charge is 0.355 e. The van der Waals surface area contributed by atoms with E-state index >= 15 is 0 Å². The number of H-pyrrole nitrogens is 1. The molecule has 1 unspecified atom stereocenters. The first-order valence-corrected chi connectivity index (χ1v) is 11.1. The molecule has 0 amide bonds. The molecule has 4 aromatic rings. The molecule has 0 aliphatic heterocycles. The van der Waals surface area contributed by atoms with Crippen LogP contribution in [0.4, 0.5) is 4.39 Å². The first kappa shape index (κ1) is 21.9. The normalized spacial score (nSPS) is 12.2. The number of halogens is 1. The summed E-state index contributed by atoms with van der Waals surface area (Å²) in [4.78, 5) is 28.2. The van der Waals surface area contributed by atoms with Gasteiger partial charge in [-0.25, -0.2) is 4.39 Å². The van der Waals surface area contributed by atoms with Crippen LogP contribution in [-0.4, -0.2) is 32.0 Å². The number of rotatable bonds is 6. The lowest BCUT2D eigenvalue weighted by atomic mass is 10.0. The highest BCUT2D eigenvalue weighted by Crippen LogP contribution is 2.34. The van der Waals surface area contributed by atoms with Crippen LogP contribution in [0.3, 0.4) is 0 Å². The Balaban J connectivity index is 1.69. The number of aromatic amines is 1. The van der Waals surface area contributed by atoms with E-state index in [0.717, 1.165) is 16.3 Å². The third-order valence-electron chi connectivity index (χ3n) is 5.46. The Hall–Kier alpha value is -3.32. The highest BCUT2D eigenvalue weighted by Gasteiger charge is 2.25. The molecule has 1 atom stereocenters. The fourth-order valence-electron chi connectivity index (χ4n) is 3.94. The second-order valence-electron chi connectivity index (χ2n) is 7.71. The molecule has 5 nitrogen and oxygen atoms in total. The maximum atomic E-state index is 13.3. The number of hydrogen-bond donors (Lipinski definition) is 1. The number of nitrogens with zero attached hydrogens (tertiary/aromatic N) is 2. The summed E-state index contributed by atoms with van der Waals surface area (Å²) in [6.07, 6.45) is 0. The van der Waals surface area contributed by atoms with Crippen molar-refractivity contribution in [3.05, 3.63) is 76.9 Å². The van der Waals surface area contributed by atoms with Gasteiger partial charge in [0.2, 0.25) is 0 Å². The van der Waals surface area contributed by atoms with Gasteiger partial charge in [-0.05, 0) is 57.5 Å². The van der Waals surface area contributed by atoms with Gasteiger partial charge in [0.15, 0.2) is 11.6 Å². The van der Waals surface area contributed by atoms with Crippen molar-refractivity contribution in [3.8, 4) is 11.3 Å². The molecule has 4 rings (SSSR count). The van der Waals surface area contributed by atoms with Gasteiger partial charge < -0.3 is 4.98 Å². The van der Waals surface area contributed by atoms with Gasteiger partial charge in [0.05, 0.1) is 10.9 Å². The number of benzene rings is 2.